The maximum Gasteiger partial charge on any atom is 0.339 e. The van der Waals surface area contributed by atoms with Crippen LogP contribution in [0.2, 0.25) is 0 Å². The fourth-order valence-corrected chi connectivity index (χ4v) is 1.72. The second-order valence-corrected chi connectivity index (χ2v) is 4.21. The van der Waals surface area contributed by atoms with Crippen LogP contribution in [0.25, 0.3) is 5.69 Å². The van der Waals surface area contributed by atoms with E-state index in [0.717, 1.165) is 11.3 Å². The quantitative estimate of drug-likeness (QED) is 0.851. The standard InChI is InChI=1S/C14H16N2O3/c1-3-19-14(18)13(17)11-4-6-12(7-5-11)16-9-10(2)8-15-16/h4-9,13,17H,3H2,1-2H3. The lowest BCUT2D eigenvalue weighted by Gasteiger charge is -2.10. The predicted octanol–water partition coefficient (Wildman–Crippen LogP) is 1.78. The molecule has 2 aromatic rings. The van der Waals surface area contributed by atoms with Gasteiger partial charge in [-0.25, -0.2) is 9.48 Å². The Morgan fingerprint density at radius 3 is 2.63 bits per heavy atom. The number of ether oxygens (including phenoxy) is 1. The normalized spacial score (nSPS) is 12.2. The molecule has 0 radical (unpaired) electrons. The van der Waals surface area contributed by atoms with Crippen LogP contribution in [-0.2, 0) is 9.53 Å². The molecule has 0 fully saturated rings. The Hall–Kier alpha value is -2.14. The van der Waals surface area contributed by atoms with Gasteiger partial charge < -0.3 is 9.84 Å². The fourth-order valence-electron chi connectivity index (χ4n) is 1.72. The van der Waals surface area contributed by atoms with Crippen molar-refractivity contribution in [2.45, 2.75) is 20.0 Å². The highest BCUT2D eigenvalue weighted by atomic mass is 16.5. The van der Waals surface area contributed by atoms with Crippen molar-refractivity contribution in [2.24, 2.45) is 0 Å². The van der Waals surface area contributed by atoms with Gasteiger partial charge in [0.05, 0.1) is 18.5 Å². The number of aliphatic hydroxyl groups is 1. The number of aromatic nitrogens is 2. The second-order valence-electron chi connectivity index (χ2n) is 4.21. The Balaban J connectivity index is 2.16. The maximum atomic E-state index is 11.4. The lowest BCUT2D eigenvalue weighted by molar-refractivity contribution is -0.153. The predicted molar refractivity (Wildman–Crippen MR) is 69.9 cm³/mol. The van der Waals surface area contributed by atoms with Crippen molar-refractivity contribution in [2.75, 3.05) is 6.61 Å². The van der Waals surface area contributed by atoms with Gasteiger partial charge in [-0.15, -0.1) is 0 Å². The summed E-state index contributed by atoms with van der Waals surface area (Å²) in [7, 11) is 0. The molecule has 19 heavy (non-hydrogen) atoms. The molecule has 0 saturated heterocycles. The van der Waals surface area contributed by atoms with Crippen LogP contribution >= 0.6 is 0 Å². The Morgan fingerprint density at radius 1 is 1.42 bits per heavy atom. The number of carbonyl (C=O) groups is 1. The van der Waals surface area contributed by atoms with Gasteiger partial charge in [-0.3, -0.25) is 0 Å². The van der Waals surface area contributed by atoms with E-state index in [1.807, 2.05) is 13.1 Å². The molecule has 5 nitrogen and oxygen atoms in total. The van der Waals surface area contributed by atoms with Gasteiger partial charge in [-0.1, -0.05) is 12.1 Å². The van der Waals surface area contributed by atoms with E-state index in [9.17, 15) is 9.90 Å². The lowest BCUT2D eigenvalue weighted by Crippen LogP contribution is -2.15. The van der Waals surface area contributed by atoms with Crippen molar-refractivity contribution in [3.8, 4) is 5.69 Å². The Bertz CT molecular complexity index is 560. The zero-order valence-corrected chi connectivity index (χ0v) is 10.9. The summed E-state index contributed by atoms with van der Waals surface area (Å²) in [4.78, 5) is 11.4. The molecule has 0 saturated carbocycles. The van der Waals surface area contributed by atoms with Crippen molar-refractivity contribution >= 4 is 5.97 Å². The second kappa shape index (κ2) is 5.67. The summed E-state index contributed by atoms with van der Waals surface area (Å²) in [5, 5.41) is 14.0. The average Bonchev–Trinajstić information content (AvgIpc) is 2.85. The number of rotatable bonds is 4. The number of aliphatic hydroxyl groups excluding tert-OH is 1. The zero-order valence-electron chi connectivity index (χ0n) is 10.9. The average molecular weight is 260 g/mol. The van der Waals surface area contributed by atoms with E-state index in [-0.39, 0.29) is 6.61 Å². The summed E-state index contributed by atoms with van der Waals surface area (Å²) in [5.41, 5.74) is 2.44. The summed E-state index contributed by atoms with van der Waals surface area (Å²) < 4.78 is 6.50. The molecule has 1 atom stereocenters. The molecule has 0 bridgehead atoms. The van der Waals surface area contributed by atoms with Gasteiger partial charge in [0.2, 0.25) is 0 Å². The van der Waals surface area contributed by atoms with Gasteiger partial charge in [0, 0.05) is 6.20 Å². The first-order valence-electron chi connectivity index (χ1n) is 6.08. The topological polar surface area (TPSA) is 64.3 Å². The summed E-state index contributed by atoms with van der Waals surface area (Å²) in [6, 6.07) is 6.97. The van der Waals surface area contributed by atoms with E-state index in [0.29, 0.717) is 5.56 Å². The molecule has 0 aliphatic heterocycles. The number of carbonyl (C=O) groups excluding carboxylic acids is 1. The van der Waals surface area contributed by atoms with Crippen LogP contribution in [-0.4, -0.2) is 27.5 Å². The van der Waals surface area contributed by atoms with E-state index >= 15 is 0 Å². The van der Waals surface area contributed by atoms with E-state index < -0.39 is 12.1 Å². The van der Waals surface area contributed by atoms with E-state index in [1.165, 1.54) is 0 Å². The largest absolute Gasteiger partial charge is 0.464 e. The minimum Gasteiger partial charge on any atom is -0.464 e. The summed E-state index contributed by atoms with van der Waals surface area (Å²) >= 11 is 0. The first-order valence-corrected chi connectivity index (χ1v) is 6.08. The molecule has 0 aliphatic carbocycles. The van der Waals surface area contributed by atoms with Gasteiger partial charge in [-0.2, -0.15) is 5.10 Å². The van der Waals surface area contributed by atoms with Crippen LogP contribution in [0.3, 0.4) is 0 Å². The van der Waals surface area contributed by atoms with Crippen molar-refractivity contribution in [1.29, 1.82) is 0 Å². The molecule has 1 N–H and O–H groups in total. The monoisotopic (exact) mass is 260 g/mol. The third-order valence-corrected chi connectivity index (χ3v) is 2.69. The number of benzene rings is 1. The molecular weight excluding hydrogens is 244 g/mol. The van der Waals surface area contributed by atoms with E-state index in [2.05, 4.69) is 5.10 Å². The van der Waals surface area contributed by atoms with Crippen molar-refractivity contribution in [3.05, 3.63) is 47.8 Å². The highest BCUT2D eigenvalue weighted by molar-refractivity contribution is 5.76. The van der Waals surface area contributed by atoms with E-state index in [4.69, 9.17) is 4.74 Å². The first kappa shape index (κ1) is 13.3. The molecule has 0 amide bonds. The van der Waals surface area contributed by atoms with Crippen LogP contribution in [0.15, 0.2) is 36.7 Å². The molecule has 5 heteroatoms. The summed E-state index contributed by atoms with van der Waals surface area (Å²) in [6.07, 6.45) is 2.42. The molecule has 1 unspecified atom stereocenters. The highest BCUT2D eigenvalue weighted by Gasteiger charge is 2.18. The molecule has 1 heterocycles. The van der Waals surface area contributed by atoms with Crippen LogP contribution in [0.5, 0.6) is 0 Å². The van der Waals surface area contributed by atoms with Crippen LogP contribution in [0, 0.1) is 6.92 Å². The lowest BCUT2D eigenvalue weighted by atomic mass is 10.1. The number of hydrogen-bond donors (Lipinski definition) is 1. The SMILES string of the molecule is CCOC(=O)C(O)c1ccc(-n2cc(C)cn2)cc1. The fraction of sp³-hybridized carbons (Fsp3) is 0.286. The van der Waals surface area contributed by atoms with Gasteiger partial charge in [0.25, 0.3) is 0 Å². The van der Waals surface area contributed by atoms with Gasteiger partial charge in [0.1, 0.15) is 0 Å². The first-order chi connectivity index (χ1) is 9.11. The van der Waals surface area contributed by atoms with Crippen molar-refractivity contribution in [1.82, 2.24) is 9.78 Å². The molecule has 1 aromatic carbocycles. The van der Waals surface area contributed by atoms with Gasteiger partial charge in [-0.05, 0) is 37.1 Å². The molecule has 1 aromatic heterocycles. The molecule has 0 aliphatic rings. The smallest absolute Gasteiger partial charge is 0.339 e. The minimum atomic E-state index is -1.24. The molecule has 0 spiro atoms. The number of aryl methyl sites for hydroxylation is 1. The molecule has 100 valence electrons. The Labute approximate surface area is 111 Å². The Kier molecular flexibility index (Phi) is 3.97. The third kappa shape index (κ3) is 3.00. The van der Waals surface area contributed by atoms with Crippen molar-refractivity contribution < 1.29 is 14.6 Å². The zero-order chi connectivity index (χ0) is 13.8. The third-order valence-electron chi connectivity index (χ3n) is 2.69. The van der Waals surface area contributed by atoms with Crippen LogP contribution in [0.1, 0.15) is 24.2 Å². The van der Waals surface area contributed by atoms with Crippen LogP contribution in [0.4, 0.5) is 0 Å². The summed E-state index contributed by atoms with van der Waals surface area (Å²) in [6.45, 7) is 3.91. The summed E-state index contributed by atoms with van der Waals surface area (Å²) in [5.74, 6) is -0.634. The van der Waals surface area contributed by atoms with Crippen LogP contribution < -0.4 is 0 Å². The van der Waals surface area contributed by atoms with Gasteiger partial charge in [0.15, 0.2) is 6.10 Å². The number of nitrogens with zero attached hydrogens (tertiary/aromatic N) is 2. The molecule has 2 rings (SSSR count). The van der Waals surface area contributed by atoms with Gasteiger partial charge >= 0.3 is 5.97 Å². The number of hydrogen-bond acceptors (Lipinski definition) is 4. The van der Waals surface area contributed by atoms with Crippen molar-refractivity contribution in [3.63, 3.8) is 0 Å². The van der Waals surface area contributed by atoms with E-state index in [1.54, 1.807) is 42.1 Å². The number of esters is 1. The maximum absolute atomic E-state index is 11.4. The molecular formula is C14H16N2O3. The highest BCUT2D eigenvalue weighted by Crippen LogP contribution is 2.17. The Morgan fingerprint density at radius 2 is 2.11 bits per heavy atom. The minimum absolute atomic E-state index is 0.251.